The third-order valence-corrected chi connectivity index (χ3v) is 9.50. The molecule has 2 N–H and O–H groups in total. The number of carbonyl (C=O) groups excluding carboxylic acids is 1. The van der Waals surface area contributed by atoms with E-state index < -0.39 is 33.6 Å². The fourth-order valence-electron chi connectivity index (χ4n) is 3.99. The molecule has 0 aliphatic carbocycles. The second kappa shape index (κ2) is 10.0. The standard InChI is InChI=1S/C24H21N5O7S3/c1-13-6-4-5-7-15(13)14(2)35-23(32)26-16-10-25-36-17(16)8-9-18-27-19-20(37-18)28-21(38-19)24(22(30)31)11-29(12-24)39(3,33)34/h4-7,10,14H,11-12H2,1-3H3,(H,26,32)(H,30,31). The van der Waals surface area contributed by atoms with Crippen LogP contribution in [0, 0.1) is 18.8 Å². The third kappa shape index (κ3) is 5.23. The molecule has 1 amide bonds. The minimum absolute atomic E-state index is 0.0999. The van der Waals surface area contributed by atoms with Crippen molar-refractivity contribution in [3.8, 4) is 11.8 Å². The molecule has 1 unspecified atom stereocenters. The molecule has 12 nitrogen and oxygen atoms in total. The highest BCUT2D eigenvalue weighted by atomic mass is 32.2. The lowest BCUT2D eigenvalue weighted by Gasteiger charge is -2.43. The number of aliphatic carboxylic acids is 1. The molecule has 1 atom stereocenters. The van der Waals surface area contributed by atoms with Gasteiger partial charge in [-0.3, -0.25) is 10.1 Å². The van der Waals surface area contributed by atoms with Gasteiger partial charge in [-0.25, -0.2) is 23.2 Å². The highest BCUT2D eigenvalue weighted by molar-refractivity contribution is 7.88. The number of nitrogens with zero attached hydrogens (tertiary/aromatic N) is 4. The van der Waals surface area contributed by atoms with Gasteiger partial charge in [-0.1, -0.05) is 52.1 Å². The number of carbonyl (C=O) groups is 2. The average molecular weight is 588 g/mol. The van der Waals surface area contributed by atoms with Gasteiger partial charge in [0, 0.05) is 13.1 Å². The number of aromatic nitrogens is 3. The minimum atomic E-state index is -3.50. The van der Waals surface area contributed by atoms with Gasteiger partial charge in [0.25, 0.3) is 0 Å². The van der Waals surface area contributed by atoms with Crippen LogP contribution in [0.25, 0.3) is 9.66 Å². The van der Waals surface area contributed by atoms with Gasteiger partial charge in [0.15, 0.2) is 14.7 Å². The molecule has 3 aromatic heterocycles. The van der Waals surface area contributed by atoms with Crippen molar-refractivity contribution in [2.24, 2.45) is 0 Å². The number of benzene rings is 1. The molecule has 4 heterocycles. The van der Waals surface area contributed by atoms with E-state index in [9.17, 15) is 23.1 Å². The van der Waals surface area contributed by atoms with E-state index in [-0.39, 0.29) is 24.5 Å². The first-order chi connectivity index (χ1) is 18.5. The van der Waals surface area contributed by atoms with Crippen molar-refractivity contribution in [1.82, 2.24) is 19.4 Å². The molecular weight excluding hydrogens is 566 g/mol. The molecule has 1 aliphatic heterocycles. The molecule has 5 rings (SSSR count). The highest BCUT2D eigenvalue weighted by Gasteiger charge is 2.56. The Morgan fingerprint density at radius 1 is 1.21 bits per heavy atom. The number of ether oxygens (including phenoxy) is 1. The largest absolute Gasteiger partial charge is 0.480 e. The van der Waals surface area contributed by atoms with Gasteiger partial charge in [-0.05, 0) is 36.8 Å². The van der Waals surface area contributed by atoms with Gasteiger partial charge < -0.3 is 14.4 Å². The van der Waals surface area contributed by atoms with Crippen molar-refractivity contribution < 1.29 is 32.4 Å². The Balaban J connectivity index is 1.28. The number of hydrogen-bond acceptors (Lipinski definition) is 11. The van der Waals surface area contributed by atoms with E-state index in [1.807, 2.05) is 31.2 Å². The molecule has 1 saturated heterocycles. The fourth-order valence-corrected chi connectivity index (χ4v) is 6.96. The van der Waals surface area contributed by atoms with Crippen LogP contribution in [0.3, 0.4) is 0 Å². The zero-order valence-electron chi connectivity index (χ0n) is 20.8. The Hall–Kier alpha value is -3.84. The second-order valence-electron chi connectivity index (χ2n) is 8.91. The molecule has 4 aromatic rings. The summed E-state index contributed by atoms with van der Waals surface area (Å²) in [5, 5.41) is 16.7. The molecule has 15 heteroatoms. The van der Waals surface area contributed by atoms with Crippen LogP contribution in [0.4, 0.5) is 10.5 Å². The molecule has 1 aliphatic rings. The van der Waals surface area contributed by atoms with Crippen molar-refractivity contribution in [2.75, 3.05) is 24.7 Å². The third-order valence-electron chi connectivity index (χ3n) is 6.16. The topological polar surface area (TPSA) is 165 Å². The Morgan fingerprint density at radius 2 is 1.92 bits per heavy atom. The summed E-state index contributed by atoms with van der Waals surface area (Å²) in [6.07, 6.45) is 1.18. The predicted octanol–water partition coefficient (Wildman–Crippen LogP) is 3.36. The number of rotatable bonds is 6. The molecule has 1 fully saturated rings. The lowest BCUT2D eigenvalue weighted by atomic mass is 9.82. The SMILES string of the molecule is Cc1ccccc1C(C)OC(=O)Nc1cnoc1C#Cc1nc2sc(C3(C(=O)O)CN(S(C)(=O)=O)C3)nc2s1. The molecule has 0 saturated carbocycles. The van der Waals surface area contributed by atoms with E-state index >= 15 is 0 Å². The quantitative estimate of drug-likeness (QED) is 0.320. The molecule has 1 aromatic carbocycles. The number of carboxylic acid groups (broad SMARTS) is 1. The summed E-state index contributed by atoms with van der Waals surface area (Å²) in [6, 6.07) is 7.60. The number of fused-ring (bicyclic) bond motifs is 1. The summed E-state index contributed by atoms with van der Waals surface area (Å²) in [6.45, 7) is 3.35. The zero-order chi connectivity index (χ0) is 27.9. The number of hydrogen-bond donors (Lipinski definition) is 2. The van der Waals surface area contributed by atoms with Gasteiger partial charge in [0.2, 0.25) is 15.8 Å². The summed E-state index contributed by atoms with van der Waals surface area (Å²) < 4.78 is 35.2. The summed E-state index contributed by atoms with van der Waals surface area (Å²) in [5.41, 5.74) is 0.719. The Labute approximate surface area is 230 Å². The van der Waals surface area contributed by atoms with Crippen molar-refractivity contribution >= 4 is 60.1 Å². The Kier molecular flexibility index (Phi) is 6.89. The average Bonchev–Trinajstić information content (AvgIpc) is 3.51. The van der Waals surface area contributed by atoms with Crippen molar-refractivity contribution in [2.45, 2.75) is 25.4 Å². The van der Waals surface area contributed by atoms with Crippen LogP contribution in [0.15, 0.2) is 35.0 Å². The highest BCUT2D eigenvalue weighted by Crippen LogP contribution is 2.41. The molecule has 0 bridgehead atoms. The van der Waals surface area contributed by atoms with Gasteiger partial charge in [0.05, 0.1) is 12.5 Å². The number of nitrogens with one attached hydrogen (secondary N) is 1. The Morgan fingerprint density at radius 3 is 2.59 bits per heavy atom. The summed E-state index contributed by atoms with van der Waals surface area (Å²) >= 11 is 2.24. The predicted molar refractivity (Wildman–Crippen MR) is 143 cm³/mol. The summed E-state index contributed by atoms with van der Waals surface area (Å²) in [4.78, 5) is 34.2. The first kappa shape index (κ1) is 26.8. The maximum absolute atomic E-state index is 12.4. The molecule has 202 valence electrons. The number of sulfonamides is 1. The van der Waals surface area contributed by atoms with E-state index in [0.717, 1.165) is 44.4 Å². The monoisotopic (exact) mass is 587 g/mol. The van der Waals surface area contributed by atoms with Crippen LogP contribution in [0.2, 0.25) is 0 Å². The van der Waals surface area contributed by atoms with E-state index in [4.69, 9.17) is 9.26 Å². The molecule has 0 radical (unpaired) electrons. The van der Waals surface area contributed by atoms with E-state index in [1.54, 1.807) is 6.92 Å². The van der Waals surface area contributed by atoms with E-state index in [0.29, 0.717) is 19.7 Å². The normalized spacial score (nSPS) is 15.7. The van der Waals surface area contributed by atoms with Crippen LogP contribution in [0.1, 0.15) is 39.9 Å². The lowest BCUT2D eigenvalue weighted by Crippen LogP contribution is -2.64. The van der Waals surface area contributed by atoms with Gasteiger partial charge in [-0.2, -0.15) is 4.31 Å². The smallest absolute Gasteiger partial charge is 0.412 e. The summed E-state index contributed by atoms with van der Waals surface area (Å²) in [5.74, 6) is 4.58. The summed E-state index contributed by atoms with van der Waals surface area (Å²) in [7, 11) is -3.50. The van der Waals surface area contributed by atoms with Crippen molar-refractivity contribution in [3.05, 3.63) is 57.4 Å². The first-order valence-corrected chi connectivity index (χ1v) is 14.9. The Bertz CT molecular complexity index is 1720. The van der Waals surface area contributed by atoms with Crippen LogP contribution in [-0.2, 0) is 25.0 Å². The number of aryl methyl sites for hydroxylation is 1. The lowest BCUT2D eigenvalue weighted by molar-refractivity contribution is -0.148. The van der Waals surface area contributed by atoms with Crippen molar-refractivity contribution in [1.29, 1.82) is 0 Å². The molecule has 39 heavy (non-hydrogen) atoms. The van der Waals surface area contributed by atoms with Crippen molar-refractivity contribution in [3.63, 3.8) is 0 Å². The number of carboxylic acids is 1. The van der Waals surface area contributed by atoms with Crippen LogP contribution in [-0.4, -0.2) is 64.4 Å². The van der Waals surface area contributed by atoms with Gasteiger partial charge in [-0.15, -0.1) is 0 Å². The molecule has 0 spiro atoms. The molecular formula is C24H21N5O7S3. The van der Waals surface area contributed by atoms with Crippen LogP contribution in [0.5, 0.6) is 0 Å². The fraction of sp³-hybridized carbons (Fsp3) is 0.292. The zero-order valence-corrected chi connectivity index (χ0v) is 23.2. The minimum Gasteiger partial charge on any atom is -0.480 e. The van der Waals surface area contributed by atoms with Gasteiger partial charge >= 0.3 is 12.1 Å². The number of anilines is 1. The second-order valence-corrected chi connectivity index (χ2v) is 12.9. The van der Waals surface area contributed by atoms with E-state index in [1.165, 1.54) is 6.20 Å². The van der Waals surface area contributed by atoms with Crippen LogP contribution < -0.4 is 5.32 Å². The van der Waals surface area contributed by atoms with Gasteiger partial charge in [0.1, 0.15) is 22.2 Å². The number of amides is 1. The van der Waals surface area contributed by atoms with E-state index in [2.05, 4.69) is 32.3 Å². The number of thiazole rings is 2. The van der Waals surface area contributed by atoms with Crippen LogP contribution >= 0.6 is 22.7 Å². The first-order valence-electron chi connectivity index (χ1n) is 11.4. The maximum atomic E-state index is 12.4. The maximum Gasteiger partial charge on any atom is 0.412 e.